The van der Waals surface area contributed by atoms with Crippen LogP contribution in [0.3, 0.4) is 0 Å². The molecule has 1 aromatic rings. The lowest BCUT2D eigenvalue weighted by molar-refractivity contribution is -0.124. The third kappa shape index (κ3) is 6.29. The molecule has 0 atom stereocenters. The Kier molecular flexibility index (Phi) is 7.71. The predicted octanol–water partition coefficient (Wildman–Crippen LogP) is 1.59. The van der Waals surface area contributed by atoms with E-state index in [9.17, 15) is 9.59 Å². The summed E-state index contributed by atoms with van der Waals surface area (Å²) in [5.74, 6) is -0.737. The normalized spacial score (nSPS) is 15.0. The van der Waals surface area contributed by atoms with E-state index in [2.05, 4.69) is 17.1 Å². The fourth-order valence-corrected chi connectivity index (χ4v) is 2.43. The van der Waals surface area contributed by atoms with Crippen molar-refractivity contribution < 1.29 is 19.1 Å². The van der Waals surface area contributed by atoms with Gasteiger partial charge in [-0.15, -0.1) is 0 Å². The van der Waals surface area contributed by atoms with E-state index in [0.29, 0.717) is 12.1 Å². The molecule has 1 N–H and O–H groups in total. The number of carbonyl (C=O) groups excluding carboxylic acids is 2. The van der Waals surface area contributed by atoms with Gasteiger partial charge in [-0.25, -0.2) is 4.79 Å². The van der Waals surface area contributed by atoms with Crippen molar-refractivity contribution in [3.63, 3.8) is 0 Å². The molecule has 6 heteroatoms. The van der Waals surface area contributed by atoms with E-state index in [4.69, 9.17) is 9.47 Å². The molecule has 0 bridgehead atoms. The van der Waals surface area contributed by atoms with E-state index in [1.54, 1.807) is 12.1 Å². The molecule has 1 aliphatic rings. The average Bonchev–Trinajstić information content (AvgIpc) is 2.61. The molecule has 0 aromatic heterocycles. The summed E-state index contributed by atoms with van der Waals surface area (Å²) >= 11 is 0. The molecule has 0 radical (unpaired) electrons. The summed E-state index contributed by atoms with van der Waals surface area (Å²) in [5, 5.41) is 2.71. The highest BCUT2D eigenvalue weighted by Gasteiger charge is 2.12. The van der Waals surface area contributed by atoms with Gasteiger partial charge in [0.15, 0.2) is 6.61 Å². The van der Waals surface area contributed by atoms with Crippen LogP contribution in [0.2, 0.25) is 0 Å². The smallest absolute Gasteiger partial charge is 0.338 e. The molecule has 1 aliphatic heterocycles. The van der Waals surface area contributed by atoms with Gasteiger partial charge in [0.1, 0.15) is 0 Å². The standard InChI is InChI=1S/C18H26N2O4/c1-2-3-8-19-17(21)14-24-18(22)16-6-4-15(5-7-16)13-20-9-11-23-12-10-20/h4-7H,2-3,8-14H2,1H3,(H,19,21). The number of carbonyl (C=O) groups is 2. The summed E-state index contributed by atoms with van der Waals surface area (Å²) in [7, 11) is 0. The Morgan fingerprint density at radius 2 is 1.92 bits per heavy atom. The number of hydrogen-bond donors (Lipinski definition) is 1. The zero-order valence-electron chi connectivity index (χ0n) is 14.3. The monoisotopic (exact) mass is 334 g/mol. The van der Waals surface area contributed by atoms with Crippen LogP contribution in [0.4, 0.5) is 0 Å². The third-order valence-electron chi connectivity index (χ3n) is 3.89. The van der Waals surface area contributed by atoms with Crippen LogP contribution in [-0.4, -0.2) is 56.2 Å². The fraction of sp³-hybridized carbons (Fsp3) is 0.556. The summed E-state index contributed by atoms with van der Waals surface area (Å²) in [6.07, 6.45) is 1.93. The first-order valence-corrected chi connectivity index (χ1v) is 8.52. The van der Waals surface area contributed by atoms with Gasteiger partial charge < -0.3 is 14.8 Å². The van der Waals surface area contributed by atoms with Gasteiger partial charge in [0.25, 0.3) is 5.91 Å². The Balaban J connectivity index is 1.75. The number of benzene rings is 1. The van der Waals surface area contributed by atoms with Crippen molar-refractivity contribution in [1.82, 2.24) is 10.2 Å². The first kappa shape index (κ1) is 18.4. The van der Waals surface area contributed by atoms with Gasteiger partial charge in [-0.3, -0.25) is 9.69 Å². The number of rotatable bonds is 8. The van der Waals surface area contributed by atoms with Gasteiger partial charge in [-0.05, 0) is 24.1 Å². The first-order valence-electron chi connectivity index (χ1n) is 8.52. The highest BCUT2D eigenvalue weighted by atomic mass is 16.5. The Morgan fingerprint density at radius 1 is 1.21 bits per heavy atom. The van der Waals surface area contributed by atoms with Crippen molar-refractivity contribution in [1.29, 1.82) is 0 Å². The quantitative estimate of drug-likeness (QED) is 0.578. The second-order valence-electron chi connectivity index (χ2n) is 5.87. The van der Waals surface area contributed by atoms with Crippen molar-refractivity contribution in [2.24, 2.45) is 0 Å². The Bertz CT molecular complexity index is 524. The number of esters is 1. The molecule has 1 fully saturated rings. The molecular formula is C18H26N2O4. The lowest BCUT2D eigenvalue weighted by Crippen LogP contribution is -2.35. The van der Waals surface area contributed by atoms with Gasteiger partial charge >= 0.3 is 5.97 Å². The SMILES string of the molecule is CCCCNC(=O)COC(=O)c1ccc(CN2CCOCC2)cc1. The van der Waals surface area contributed by atoms with E-state index in [-0.39, 0.29) is 12.5 Å². The predicted molar refractivity (Wildman–Crippen MR) is 90.7 cm³/mol. The van der Waals surface area contributed by atoms with Gasteiger partial charge in [-0.2, -0.15) is 0 Å². The topological polar surface area (TPSA) is 67.9 Å². The van der Waals surface area contributed by atoms with Gasteiger partial charge in [0.05, 0.1) is 18.8 Å². The summed E-state index contributed by atoms with van der Waals surface area (Å²) in [6, 6.07) is 7.33. The van der Waals surface area contributed by atoms with Crippen LogP contribution >= 0.6 is 0 Å². The minimum Gasteiger partial charge on any atom is -0.452 e. The number of amides is 1. The van der Waals surface area contributed by atoms with Crippen LogP contribution in [0.1, 0.15) is 35.7 Å². The fourth-order valence-electron chi connectivity index (χ4n) is 2.43. The number of hydrogen-bond acceptors (Lipinski definition) is 5. The van der Waals surface area contributed by atoms with Crippen molar-refractivity contribution in [3.05, 3.63) is 35.4 Å². The van der Waals surface area contributed by atoms with E-state index in [1.165, 1.54) is 0 Å². The Labute approximate surface area is 143 Å². The van der Waals surface area contributed by atoms with Crippen LogP contribution in [0.5, 0.6) is 0 Å². The maximum absolute atomic E-state index is 12.0. The van der Waals surface area contributed by atoms with Gasteiger partial charge in [-0.1, -0.05) is 25.5 Å². The number of ether oxygens (including phenoxy) is 2. The second-order valence-corrected chi connectivity index (χ2v) is 5.87. The van der Waals surface area contributed by atoms with Crippen LogP contribution < -0.4 is 5.32 Å². The zero-order valence-corrected chi connectivity index (χ0v) is 14.3. The van der Waals surface area contributed by atoms with E-state index < -0.39 is 5.97 Å². The Hall–Kier alpha value is -1.92. The molecule has 1 amide bonds. The summed E-state index contributed by atoms with van der Waals surface area (Å²) in [6.45, 7) is 6.66. The molecular weight excluding hydrogens is 308 g/mol. The average molecular weight is 334 g/mol. The van der Waals surface area contributed by atoms with Crippen LogP contribution in [-0.2, 0) is 20.8 Å². The van der Waals surface area contributed by atoms with Crippen molar-refractivity contribution in [2.75, 3.05) is 39.5 Å². The molecule has 1 saturated heterocycles. The molecule has 6 nitrogen and oxygen atoms in total. The molecule has 0 saturated carbocycles. The van der Waals surface area contributed by atoms with E-state index >= 15 is 0 Å². The molecule has 2 rings (SSSR count). The van der Waals surface area contributed by atoms with E-state index in [0.717, 1.165) is 51.3 Å². The highest BCUT2D eigenvalue weighted by molar-refractivity contribution is 5.91. The van der Waals surface area contributed by atoms with Crippen molar-refractivity contribution in [3.8, 4) is 0 Å². The Morgan fingerprint density at radius 3 is 2.58 bits per heavy atom. The third-order valence-corrected chi connectivity index (χ3v) is 3.89. The second kappa shape index (κ2) is 10.1. The summed E-state index contributed by atoms with van der Waals surface area (Å²) in [5.41, 5.74) is 1.60. The number of nitrogens with one attached hydrogen (secondary N) is 1. The molecule has 1 aromatic carbocycles. The molecule has 0 aliphatic carbocycles. The number of morpholine rings is 1. The lowest BCUT2D eigenvalue weighted by Gasteiger charge is -2.26. The maximum atomic E-state index is 12.0. The zero-order chi connectivity index (χ0) is 17.2. The molecule has 1 heterocycles. The maximum Gasteiger partial charge on any atom is 0.338 e. The van der Waals surface area contributed by atoms with Gasteiger partial charge in [0, 0.05) is 26.2 Å². The molecule has 132 valence electrons. The minimum atomic E-state index is -0.474. The molecule has 0 unspecified atom stereocenters. The molecule has 24 heavy (non-hydrogen) atoms. The summed E-state index contributed by atoms with van der Waals surface area (Å²) < 4.78 is 10.4. The van der Waals surface area contributed by atoms with E-state index in [1.807, 2.05) is 12.1 Å². The number of nitrogens with zero attached hydrogens (tertiary/aromatic N) is 1. The van der Waals surface area contributed by atoms with Crippen LogP contribution in [0, 0.1) is 0 Å². The molecule has 0 spiro atoms. The van der Waals surface area contributed by atoms with Crippen molar-refractivity contribution >= 4 is 11.9 Å². The van der Waals surface area contributed by atoms with Crippen LogP contribution in [0.25, 0.3) is 0 Å². The highest BCUT2D eigenvalue weighted by Crippen LogP contribution is 2.10. The first-order chi connectivity index (χ1) is 11.7. The van der Waals surface area contributed by atoms with Crippen LogP contribution in [0.15, 0.2) is 24.3 Å². The van der Waals surface area contributed by atoms with Crippen molar-refractivity contribution in [2.45, 2.75) is 26.3 Å². The lowest BCUT2D eigenvalue weighted by atomic mass is 10.1. The van der Waals surface area contributed by atoms with Gasteiger partial charge in [0.2, 0.25) is 0 Å². The largest absolute Gasteiger partial charge is 0.452 e. The summed E-state index contributed by atoms with van der Waals surface area (Å²) in [4.78, 5) is 25.8. The number of unbranched alkanes of at least 4 members (excludes halogenated alkanes) is 1. The minimum absolute atomic E-state index is 0.238.